The highest BCUT2D eigenvalue weighted by Crippen LogP contribution is 2.39. The van der Waals surface area contributed by atoms with E-state index >= 15 is 0 Å². The summed E-state index contributed by atoms with van der Waals surface area (Å²) in [4.78, 5) is 14.3. The molecule has 2 heterocycles. The van der Waals surface area contributed by atoms with E-state index in [4.69, 9.17) is 4.98 Å². The van der Waals surface area contributed by atoms with Gasteiger partial charge in [0.1, 0.15) is 17.5 Å². The van der Waals surface area contributed by atoms with Crippen LogP contribution in [0.15, 0.2) is 6.07 Å². The maximum atomic E-state index is 4.82. The average molecular weight is 275 g/mol. The van der Waals surface area contributed by atoms with Gasteiger partial charge in [0, 0.05) is 38.2 Å². The molecule has 2 aliphatic rings. The summed E-state index contributed by atoms with van der Waals surface area (Å²) in [6, 6.07) is 2.11. The molecule has 0 amide bonds. The first-order valence-electron chi connectivity index (χ1n) is 7.82. The molecule has 1 aliphatic carbocycles. The van der Waals surface area contributed by atoms with Gasteiger partial charge in [-0.3, -0.25) is 0 Å². The summed E-state index contributed by atoms with van der Waals surface area (Å²) >= 11 is 0. The van der Waals surface area contributed by atoms with Crippen molar-refractivity contribution in [3.05, 3.63) is 11.9 Å². The third-order valence-electron chi connectivity index (χ3n) is 4.07. The van der Waals surface area contributed by atoms with E-state index in [1.165, 1.54) is 25.8 Å². The molecule has 0 radical (unpaired) electrons. The number of anilines is 2. The minimum Gasteiger partial charge on any atom is -0.370 e. The molecule has 5 nitrogen and oxygen atoms in total. The first-order chi connectivity index (χ1) is 9.76. The zero-order chi connectivity index (χ0) is 13.9. The van der Waals surface area contributed by atoms with E-state index in [1.54, 1.807) is 0 Å². The SMILES string of the molecule is CCNc1cc(N2CCCN(C)CC2)nc(C2CC2)n1. The van der Waals surface area contributed by atoms with Gasteiger partial charge in [-0.05, 0) is 39.8 Å². The van der Waals surface area contributed by atoms with Gasteiger partial charge in [-0.25, -0.2) is 9.97 Å². The molecule has 1 aromatic rings. The maximum Gasteiger partial charge on any atom is 0.136 e. The Balaban J connectivity index is 1.82. The molecule has 0 spiro atoms. The van der Waals surface area contributed by atoms with Gasteiger partial charge in [0.15, 0.2) is 0 Å². The molecule has 1 saturated heterocycles. The fourth-order valence-electron chi connectivity index (χ4n) is 2.69. The highest BCUT2D eigenvalue weighted by atomic mass is 15.2. The van der Waals surface area contributed by atoms with Crippen LogP contribution >= 0.6 is 0 Å². The smallest absolute Gasteiger partial charge is 0.136 e. The molecule has 110 valence electrons. The fraction of sp³-hybridized carbons (Fsp3) is 0.733. The largest absolute Gasteiger partial charge is 0.370 e. The van der Waals surface area contributed by atoms with E-state index in [2.05, 4.69) is 40.1 Å². The van der Waals surface area contributed by atoms with E-state index in [1.807, 2.05) is 0 Å². The van der Waals surface area contributed by atoms with E-state index in [0.29, 0.717) is 5.92 Å². The van der Waals surface area contributed by atoms with Gasteiger partial charge in [-0.15, -0.1) is 0 Å². The molecular weight excluding hydrogens is 250 g/mol. The second kappa shape index (κ2) is 5.95. The molecule has 3 rings (SSSR count). The maximum absolute atomic E-state index is 4.82. The highest BCUT2D eigenvalue weighted by Gasteiger charge is 2.28. The Labute approximate surface area is 121 Å². The van der Waals surface area contributed by atoms with Crippen LogP contribution in [-0.2, 0) is 0 Å². The normalized spacial score (nSPS) is 20.8. The molecule has 20 heavy (non-hydrogen) atoms. The number of nitrogens with zero attached hydrogens (tertiary/aromatic N) is 4. The van der Waals surface area contributed by atoms with Crippen LogP contribution in [0.25, 0.3) is 0 Å². The van der Waals surface area contributed by atoms with Crippen LogP contribution < -0.4 is 10.2 Å². The third-order valence-corrected chi connectivity index (χ3v) is 4.07. The Hall–Kier alpha value is -1.36. The highest BCUT2D eigenvalue weighted by molar-refractivity contribution is 5.50. The lowest BCUT2D eigenvalue weighted by Crippen LogP contribution is -2.29. The second-order valence-electron chi connectivity index (χ2n) is 5.92. The van der Waals surface area contributed by atoms with E-state index in [0.717, 1.165) is 43.6 Å². The topological polar surface area (TPSA) is 44.3 Å². The van der Waals surface area contributed by atoms with Crippen molar-refractivity contribution in [2.75, 3.05) is 50.0 Å². The van der Waals surface area contributed by atoms with Gasteiger partial charge in [0.25, 0.3) is 0 Å². The Morgan fingerprint density at radius 2 is 2.05 bits per heavy atom. The van der Waals surface area contributed by atoms with Crippen molar-refractivity contribution in [1.82, 2.24) is 14.9 Å². The van der Waals surface area contributed by atoms with E-state index in [-0.39, 0.29) is 0 Å². The van der Waals surface area contributed by atoms with Gasteiger partial charge in [0.2, 0.25) is 0 Å². The minimum absolute atomic E-state index is 0.599. The van der Waals surface area contributed by atoms with Crippen LogP contribution in [0.1, 0.15) is 37.9 Å². The van der Waals surface area contributed by atoms with Crippen LogP contribution in [0.3, 0.4) is 0 Å². The van der Waals surface area contributed by atoms with Gasteiger partial charge >= 0.3 is 0 Å². The van der Waals surface area contributed by atoms with Crippen molar-refractivity contribution < 1.29 is 0 Å². The number of hydrogen-bond donors (Lipinski definition) is 1. The van der Waals surface area contributed by atoms with E-state index in [9.17, 15) is 0 Å². The number of nitrogens with one attached hydrogen (secondary N) is 1. The van der Waals surface area contributed by atoms with Gasteiger partial charge in [-0.1, -0.05) is 0 Å². The zero-order valence-corrected chi connectivity index (χ0v) is 12.6. The second-order valence-corrected chi connectivity index (χ2v) is 5.92. The summed E-state index contributed by atoms with van der Waals surface area (Å²) in [6.45, 7) is 7.46. The Kier molecular flexibility index (Phi) is 4.05. The van der Waals surface area contributed by atoms with Crippen molar-refractivity contribution in [3.8, 4) is 0 Å². The molecule has 0 aromatic carbocycles. The Bertz CT molecular complexity index is 458. The number of hydrogen-bond acceptors (Lipinski definition) is 5. The van der Waals surface area contributed by atoms with Crippen molar-refractivity contribution in [2.45, 2.75) is 32.1 Å². The zero-order valence-electron chi connectivity index (χ0n) is 12.6. The van der Waals surface area contributed by atoms with Crippen molar-refractivity contribution in [1.29, 1.82) is 0 Å². The third kappa shape index (κ3) is 3.20. The quantitative estimate of drug-likeness (QED) is 0.909. The van der Waals surface area contributed by atoms with Crippen LogP contribution in [0.2, 0.25) is 0 Å². The Morgan fingerprint density at radius 3 is 2.80 bits per heavy atom. The summed E-state index contributed by atoms with van der Waals surface area (Å²) in [7, 11) is 2.20. The van der Waals surface area contributed by atoms with Crippen LogP contribution in [0, 0.1) is 0 Å². The van der Waals surface area contributed by atoms with E-state index < -0.39 is 0 Å². The standard InChI is InChI=1S/C15H25N5/c1-3-16-13-11-14(18-15(17-13)12-5-6-12)20-8-4-7-19(2)9-10-20/h11-12H,3-10H2,1-2H3,(H,16,17,18). The summed E-state index contributed by atoms with van der Waals surface area (Å²) in [5.41, 5.74) is 0. The van der Waals surface area contributed by atoms with Crippen molar-refractivity contribution in [3.63, 3.8) is 0 Å². The molecule has 1 saturated carbocycles. The summed E-state index contributed by atoms with van der Waals surface area (Å²) < 4.78 is 0. The molecule has 1 aromatic heterocycles. The number of aromatic nitrogens is 2. The molecule has 0 unspecified atom stereocenters. The summed E-state index contributed by atoms with van der Waals surface area (Å²) in [5.74, 6) is 3.73. The molecule has 0 bridgehead atoms. The lowest BCUT2D eigenvalue weighted by molar-refractivity contribution is 0.360. The molecular formula is C15H25N5. The number of rotatable bonds is 4. The first kappa shape index (κ1) is 13.6. The van der Waals surface area contributed by atoms with Crippen LogP contribution in [0.5, 0.6) is 0 Å². The molecule has 2 fully saturated rings. The van der Waals surface area contributed by atoms with Crippen LogP contribution in [-0.4, -0.2) is 54.6 Å². The first-order valence-corrected chi connectivity index (χ1v) is 7.82. The van der Waals surface area contributed by atoms with Crippen molar-refractivity contribution in [2.24, 2.45) is 0 Å². The predicted octanol–water partition coefficient (Wildman–Crippen LogP) is 1.93. The number of likely N-dealkylation sites (N-methyl/N-ethyl adjacent to an activating group) is 1. The summed E-state index contributed by atoms with van der Waals surface area (Å²) in [6.07, 6.45) is 3.70. The lowest BCUT2D eigenvalue weighted by atomic mass is 10.3. The molecule has 0 atom stereocenters. The predicted molar refractivity (Wildman–Crippen MR) is 82.5 cm³/mol. The lowest BCUT2D eigenvalue weighted by Gasteiger charge is -2.22. The monoisotopic (exact) mass is 275 g/mol. The van der Waals surface area contributed by atoms with Crippen molar-refractivity contribution >= 4 is 11.6 Å². The molecule has 1 N–H and O–H groups in total. The fourth-order valence-corrected chi connectivity index (χ4v) is 2.69. The Morgan fingerprint density at radius 1 is 1.20 bits per heavy atom. The minimum atomic E-state index is 0.599. The molecule has 1 aliphatic heterocycles. The van der Waals surface area contributed by atoms with Gasteiger partial charge in [0.05, 0.1) is 0 Å². The van der Waals surface area contributed by atoms with Crippen LogP contribution in [0.4, 0.5) is 11.6 Å². The molecule has 5 heteroatoms. The summed E-state index contributed by atoms with van der Waals surface area (Å²) in [5, 5.41) is 3.35. The van der Waals surface area contributed by atoms with Gasteiger partial charge in [-0.2, -0.15) is 0 Å². The van der Waals surface area contributed by atoms with Gasteiger partial charge < -0.3 is 15.1 Å². The average Bonchev–Trinajstić information content (AvgIpc) is 3.26.